The Balaban J connectivity index is 0.000000960. The van der Waals surface area contributed by atoms with Crippen LogP contribution in [-0.2, 0) is 11.8 Å². The van der Waals surface area contributed by atoms with E-state index in [0.29, 0.717) is 0 Å². The molecule has 2 fully saturated rings. The van der Waals surface area contributed by atoms with Crippen LogP contribution in [0.3, 0.4) is 0 Å². The number of nitrogens with one attached hydrogen (secondary N) is 2. The molecule has 1 unspecified atom stereocenters. The fraction of sp³-hybridized carbons (Fsp3) is 0.500. The van der Waals surface area contributed by atoms with Crippen LogP contribution in [0, 0.1) is 11.3 Å². The van der Waals surface area contributed by atoms with Crippen LogP contribution in [0.15, 0.2) is 24.5 Å². The molecule has 1 aromatic heterocycles. The molecule has 23 heavy (non-hydrogen) atoms. The molecule has 1 saturated carbocycles. The number of carbonyl (C=O) groups is 1. The summed E-state index contributed by atoms with van der Waals surface area (Å²) >= 11 is 0. The molecule has 2 aliphatic rings. The highest BCUT2D eigenvalue weighted by atomic mass is 35.5. The fourth-order valence-electron chi connectivity index (χ4n) is 3.64. The quantitative estimate of drug-likeness (QED) is 0.869. The summed E-state index contributed by atoms with van der Waals surface area (Å²) in [6.07, 6.45) is 5.10. The zero-order valence-corrected chi connectivity index (χ0v) is 14.7. The first kappa shape index (κ1) is 18.0. The Morgan fingerprint density at radius 2 is 2.09 bits per heavy atom. The van der Waals surface area contributed by atoms with Gasteiger partial charge < -0.3 is 15.2 Å². The van der Waals surface area contributed by atoms with Gasteiger partial charge in [-0.1, -0.05) is 0 Å². The van der Waals surface area contributed by atoms with Crippen molar-refractivity contribution in [3.05, 3.63) is 24.5 Å². The smallest absolute Gasteiger partial charge is 0.228 e. The average molecular weight is 357 g/mol. The summed E-state index contributed by atoms with van der Waals surface area (Å²) in [5.74, 6) is 0.367. The molecule has 0 bridgehead atoms. The van der Waals surface area contributed by atoms with E-state index in [2.05, 4.69) is 15.6 Å². The highest BCUT2D eigenvalue weighted by Crippen LogP contribution is 2.58. The summed E-state index contributed by atoms with van der Waals surface area (Å²) in [6, 6.07) is 5.91. The molecule has 1 atom stereocenters. The highest BCUT2D eigenvalue weighted by molar-refractivity contribution is 5.96. The molecule has 1 aromatic carbocycles. The summed E-state index contributed by atoms with van der Waals surface area (Å²) in [5, 5.41) is 6.44. The van der Waals surface area contributed by atoms with E-state index in [9.17, 15) is 4.79 Å². The summed E-state index contributed by atoms with van der Waals surface area (Å²) < 4.78 is 1.98. The molecular formula is C16H22Cl2N4O. The summed E-state index contributed by atoms with van der Waals surface area (Å²) in [7, 11) is 1.97. The van der Waals surface area contributed by atoms with Crippen molar-refractivity contribution in [1.82, 2.24) is 14.9 Å². The Morgan fingerprint density at radius 3 is 2.83 bits per heavy atom. The lowest BCUT2D eigenvalue weighted by atomic mass is 9.92. The molecule has 0 radical (unpaired) electrons. The molecule has 1 saturated heterocycles. The first-order chi connectivity index (χ1) is 10.2. The van der Waals surface area contributed by atoms with E-state index in [1.165, 1.54) is 0 Å². The summed E-state index contributed by atoms with van der Waals surface area (Å²) in [6.45, 7) is 2.09. The van der Waals surface area contributed by atoms with E-state index in [1.807, 2.05) is 29.8 Å². The molecule has 1 aliphatic heterocycles. The van der Waals surface area contributed by atoms with Crippen LogP contribution in [0.25, 0.3) is 11.0 Å². The van der Waals surface area contributed by atoms with Gasteiger partial charge in [0.05, 0.1) is 17.4 Å². The largest absolute Gasteiger partial charge is 0.334 e. The number of nitrogens with zero attached hydrogens (tertiary/aromatic N) is 2. The van der Waals surface area contributed by atoms with Crippen LogP contribution in [0.5, 0.6) is 0 Å². The number of hydrogen-bond donors (Lipinski definition) is 2. The fourth-order valence-corrected chi connectivity index (χ4v) is 3.64. The Bertz CT molecular complexity index is 709. The SMILES string of the molecule is Cl.Cl.Cn1cnc2cc(NC(=O)C3CC34CCNCC4)ccc21. The second-order valence-electron chi connectivity index (χ2n) is 6.42. The lowest BCUT2D eigenvalue weighted by Crippen LogP contribution is -2.31. The van der Waals surface area contributed by atoms with Gasteiger partial charge in [-0.2, -0.15) is 0 Å². The van der Waals surface area contributed by atoms with Gasteiger partial charge in [0.2, 0.25) is 5.91 Å². The van der Waals surface area contributed by atoms with Gasteiger partial charge in [0.15, 0.2) is 0 Å². The van der Waals surface area contributed by atoms with Crippen LogP contribution in [0.1, 0.15) is 19.3 Å². The molecular weight excluding hydrogens is 335 g/mol. The third-order valence-corrected chi connectivity index (χ3v) is 5.10. The lowest BCUT2D eigenvalue weighted by molar-refractivity contribution is -0.118. The normalized spacial score (nSPS) is 21.3. The second kappa shape index (κ2) is 6.67. The predicted octanol–water partition coefficient (Wildman–Crippen LogP) is 2.75. The average Bonchev–Trinajstić information content (AvgIpc) is 3.06. The molecule has 2 N–H and O–H groups in total. The van der Waals surface area contributed by atoms with Gasteiger partial charge in [0, 0.05) is 18.7 Å². The number of rotatable bonds is 2. The second-order valence-corrected chi connectivity index (χ2v) is 6.42. The van der Waals surface area contributed by atoms with Gasteiger partial charge in [-0.05, 0) is 56.0 Å². The van der Waals surface area contributed by atoms with E-state index in [4.69, 9.17) is 0 Å². The molecule has 5 nitrogen and oxygen atoms in total. The zero-order valence-electron chi connectivity index (χ0n) is 13.0. The third kappa shape index (κ3) is 3.18. The molecule has 126 valence electrons. The van der Waals surface area contributed by atoms with Crippen LogP contribution < -0.4 is 10.6 Å². The lowest BCUT2D eigenvalue weighted by Gasteiger charge is -2.23. The molecule has 2 heterocycles. The monoisotopic (exact) mass is 356 g/mol. The minimum atomic E-state index is 0. The molecule has 4 rings (SSSR count). The van der Waals surface area contributed by atoms with Crippen molar-refractivity contribution in [2.24, 2.45) is 18.4 Å². The van der Waals surface area contributed by atoms with Crippen LogP contribution in [-0.4, -0.2) is 28.5 Å². The number of aryl methyl sites for hydroxylation is 1. The molecule has 2 aromatic rings. The number of hydrogen-bond acceptors (Lipinski definition) is 3. The maximum absolute atomic E-state index is 12.4. The van der Waals surface area contributed by atoms with Crippen molar-refractivity contribution in [3.8, 4) is 0 Å². The molecule has 7 heteroatoms. The molecule has 1 aliphatic carbocycles. The Morgan fingerprint density at radius 1 is 1.35 bits per heavy atom. The molecule has 1 amide bonds. The maximum Gasteiger partial charge on any atom is 0.228 e. The van der Waals surface area contributed by atoms with Gasteiger partial charge in [-0.15, -0.1) is 24.8 Å². The van der Waals surface area contributed by atoms with Gasteiger partial charge in [0.1, 0.15) is 0 Å². The number of carbonyl (C=O) groups excluding carboxylic acids is 1. The first-order valence-electron chi connectivity index (χ1n) is 7.61. The van der Waals surface area contributed by atoms with Crippen molar-refractivity contribution < 1.29 is 4.79 Å². The molecule has 1 spiro atoms. The summed E-state index contributed by atoms with van der Waals surface area (Å²) in [5.41, 5.74) is 3.13. The van der Waals surface area contributed by atoms with Gasteiger partial charge >= 0.3 is 0 Å². The van der Waals surface area contributed by atoms with E-state index in [0.717, 1.165) is 49.1 Å². The summed E-state index contributed by atoms with van der Waals surface area (Å²) in [4.78, 5) is 16.8. The van der Waals surface area contributed by atoms with Crippen LogP contribution in [0.4, 0.5) is 5.69 Å². The van der Waals surface area contributed by atoms with Gasteiger partial charge in [-0.3, -0.25) is 4.79 Å². The van der Waals surface area contributed by atoms with E-state index >= 15 is 0 Å². The van der Waals surface area contributed by atoms with Gasteiger partial charge in [-0.25, -0.2) is 4.98 Å². The third-order valence-electron chi connectivity index (χ3n) is 5.10. The zero-order chi connectivity index (χ0) is 14.4. The topological polar surface area (TPSA) is 59.0 Å². The minimum Gasteiger partial charge on any atom is -0.334 e. The maximum atomic E-state index is 12.4. The predicted molar refractivity (Wildman–Crippen MR) is 96.5 cm³/mol. The number of halogens is 2. The highest BCUT2D eigenvalue weighted by Gasteiger charge is 2.57. The van der Waals surface area contributed by atoms with E-state index in [1.54, 1.807) is 6.33 Å². The Hall–Kier alpha value is -1.30. The Labute approximate surface area is 148 Å². The van der Waals surface area contributed by atoms with Crippen molar-refractivity contribution in [2.75, 3.05) is 18.4 Å². The number of aromatic nitrogens is 2. The first-order valence-corrected chi connectivity index (χ1v) is 7.61. The van der Waals surface area contributed by atoms with Crippen molar-refractivity contribution in [3.63, 3.8) is 0 Å². The number of imidazole rings is 1. The standard InChI is InChI=1S/C16H20N4O.2ClH/c1-20-10-18-13-8-11(2-3-14(13)20)19-15(21)12-9-16(12)4-6-17-7-5-16;;/h2-3,8,10,12,17H,4-7,9H2,1H3,(H,19,21);2*1H. The number of fused-ring (bicyclic) bond motifs is 1. The van der Waals surface area contributed by atoms with Crippen molar-refractivity contribution >= 4 is 47.4 Å². The number of piperidine rings is 1. The van der Waals surface area contributed by atoms with E-state index < -0.39 is 0 Å². The van der Waals surface area contributed by atoms with Crippen molar-refractivity contribution in [2.45, 2.75) is 19.3 Å². The number of amides is 1. The minimum absolute atomic E-state index is 0. The van der Waals surface area contributed by atoms with Crippen LogP contribution in [0.2, 0.25) is 0 Å². The van der Waals surface area contributed by atoms with E-state index in [-0.39, 0.29) is 42.1 Å². The Kier molecular flexibility index (Phi) is 5.23. The number of benzene rings is 1. The number of anilines is 1. The van der Waals surface area contributed by atoms with Gasteiger partial charge in [0.25, 0.3) is 0 Å². The van der Waals surface area contributed by atoms with Crippen LogP contribution >= 0.6 is 24.8 Å². The van der Waals surface area contributed by atoms with Crippen molar-refractivity contribution in [1.29, 1.82) is 0 Å².